The van der Waals surface area contributed by atoms with Crippen LogP contribution in [0.3, 0.4) is 0 Å². The highest BCUT2D eigenvalue weighted by molar-refractivity contribution is 6.30. The lowest BCUT2D eigenvalue weighted by molar-refractivity contribution is 0.380. The van der Waals surface area contributed by atoms with E-state index >= 15 is 0 Å². The maximum absolute atomic E-state index is 13.4. The van der Waals surface area contributed by atoms with E-state index in [2.05, 4.69) is 10.3 Å². The molecule has 0 saturated carbocycles. The number of aryl methyl sites for hydroxylation is 1. The first-order valence-electron chi connectivity index (χ1n) is 6.10. The smallest absolute Gasteiger partial charge is 0.211 e. The van der Waals surface area contributed by atoms with Crippen molar-refractivity contribution in [3.63, 3.8) is 0 Å². The van der Waals surface area contributed by atoms with Crippen LogP contribution in [0.5, 0.6) is 0 Å². The molecule has 102 valence electrons. The molecule has 2 atom stereocenters. The minimum atomic E-state index is -0.410. The molecule has 0 aliphatic carbocycles. The topological polar surface area (TPSA) is 38.1 Å². The predicted octanol–water partition coefficient (Wildman–Crippen LogP) is 4.19. The maximum Gasteiger partial charge on any atom is 0.211 e. The van der Waals surface area contributed by atoms with Crippen molar-refractivity contribution in [3.05, 3.63) is 52.5 Å². The Hall–Kier alpha value is -1.39. The summed E-state index contributed by atoms with van der Waals surface area (Å²) in [5, 5.41) is 3.44. The first kappa shape index (κ1) is 14.0. The fourth-order valence-corrected chi connectivity index (χ4v) is 2.01. The first-order chi connectivity index (χ1) is 8.97. The average molecular weight is 283 g/mol. The number of halogens is 2. The summed E-state index contributed by atoms with van der Waals surface area (Å²) in [5.74, 6) is 0.986. The molecule has 0 fully saturated rings. The molecule has 2 unspecified atom stereocenters. The van der Waals surface area contributed by atoms with E-state index in [4.69, 9.17) is 16.0 Å². The van der Waals surface area contributed by atoms with Crippen LogP contribution in [-0.2, 0) is 0 Å². The Balaban J connectivity index is 2.07. The molecule has 0 saturated heterocycles. The van der Waals surface area contributed by atoms with Gasteiger partial charge in [0.15, 0.2) is 0 Å². The second-order valence-corrected chi connectivity index (χ2v) is 5.00. The largest absolute Gasteiger partial charge is 0.444 e. The van der Waals surface area contributed by atoms with Crippen LogP contribution in [0, 0.1) is 12.7 Å². The summed E-state index contributed by atoms with van der Waals surface area (Å²) in [5.41, 5.74) is 0.831. The zero-order valence-electron chi connectivity index (χ0n) is 11.1. The summed E-state index contributed by atoms with van der Waals surface area (Å²) in [6, 6.07) is 4.71. The van der Waals surface area contributed by atoms with Crippen molar-refractivity contribution in [2.24, 2.45) is 0 Å². The average Bonchev–Trinajstić information content (AvgIpc) is 2.79. The van der Waals surface area contributed by atoms with E-state index in [1.54, 1.807) is 18.3 Å². The van der Waals surface area contributed by atoms with Crippen LogP contribution in [0.4, 0.5) is 4.39 Å². The van der Waals surface area contributed by atoms with Crippen molar-refractivity contribution in [2.75, 3.05) is 0 Å². The third-order valence-electron chi connectivity index (χ3n) is 2.95. The fourth-order valence-electron chi connectivity index (χ4n) is 1.90. The zero-order valence-corrected chi connectivity index (χ0v) is 11.8. The second kappa shape index (κ2) is 5.72. The van der Waals surface area contributed by atoms with Crippen molar-refractivity contribution in [3.8, 4) is 0 Å². The van der Waals surface area contributed by atoms with Crippen LogP contribution < -0.4 is 5.32 Å². The predicted molar refractivity (Wildman–Crippen MR) is 72.6 cm³/mol. The minimum absolute atomic E-state index is 0.0334. The quantitative estimate of drug-likeness (QED) is 0.914. The summed E-state index contributed by atoms with van der Waals surface area (Å²) < 4.78 is 18.9. The Kier molecular flexibility index (Phi) is 4.22. The number of rotatable bonds is 4. The standard InChI is InChI=1S/C14H16ClFN2O/c1-8-7-17-14(19-8)10(3)18-9(2)11-4-5-12(15)13(16)6-11/h4-7,9-10,18H,1-3H3. The number of oxazole rings is 1. The van der Waals surface area contributed by atoms with Crippen LogP contribution in [0.25, 0.3) is 0 Å². The molecule has 3 nitrogen and oxygen atoms in total. The second-order valence-electron chi connectivity index (χ2n) is 4.59. The molecule has 2 aromatic rings. The number of hydrogen-bond donors (Lipinski definition) is 1. The molecule has 1 heterocycles. The van der Waals surface area contributed by atoms with Crippen LogP contribution >= 0.6 is 11.6 Å². The Morgan fingerprint density at radius 1 is 1.32 bits per heavy atom. The molecule has 0 bridgehead atoms. The monoisotopic (exact) mass is 282 g/mol. The van der Waals surface area contributed by atoms with Crippen LogP contribution in [0.2, 0.25) is 5.02 Å². The Bertz CT molecular complexity index is 570. The van der Waals surface area contributed by atoms with Crippen molar-refractivity contribution < 1.29 is 8.81 Å². The van der Waals surface area contributed by atoms with Gasteiger partial charge in [0.2, 0.25) is 5.89 Å². The minimum Gasteiger partial charge on any atom is -0.444 e. The molecular weight excluding hydrogens is 267 g/mol. The molecule has 0 amide bonds. The van der Waals surface area contributed by atoms with Gasteiger partial charge in [-0.2, -0.15) is 0 Å². The number of aromatic nitrogens is 1. The number of nitrogens with zero attached hydrogens (tertiary/aromatic N) is 1. The van der Waals surface area contributed by atoms with Gasteiger partial charge < -0.3 is 4.42 Å². The number of hydrogen-bond acceptors (Lipinski definition) is 3. The highest BCUT2D eigenvalue weighted by Crippen LogP contribution is 2.22. The molecule has 19 heavy (non-hydrogen) atoms. The van der Waals surface area contributed by atoms with E-state index in [-0.39, 0.29) is 17.1 Å². The van der Waals surface area contributed by atoms with E-state index in [1.807, 2.05) is 20.8 Å². The number of nitrogens with one attached hydrogen (secondary N) is 1. The first-order valence-corrected chi connectivity index (χ1v) is 6.48. The van der Waals surface area contributed by atoms with Crippen LogP contribution in [0.1, 0.15) is 43.1 Å². The van der Waals surface area contributed by atoms with Crippen LogP contribution in [-0.4, -0.2) is 4.98 Å². The van der Waals surface area contributed by atoms with Gasteiger partial charge in [0.1, 0.15) is 11.6 Å². The summed E-state index contributed by atoms with van der Waals surface area (Å²) in [7, 11) is 0. The fraction of sp³-hybridized carbons (Fsp3) is 0.357. The van der Waals surface area contributed by atoms with Crippen molar-refractivity contribution in [2.45, 2.75) is 32.9 Å². The summed E-state index contributed by atoms with van der Waals surface area (Å²) in [6.45, 7) is 5.75. The third kappa shape index (κ3) is 3.33. The third-order valence-corrected chi connectivity index (χ3v) is 3.26. The molecule has 0 spiro atoms. The Morgan fingerprint density at radius 3 is 2.63 bits per heavy atom. The molecule has 1 aromatic heterocycles. The van der Waals surface area contributed by atoms with Gasteiger partial charge in [0, 0.05) is 6.04 Å². The lowest BCUT2D eigenvalue weighted by Crippen LogP contribution is -2.22. The molecule has 1 aromatic carbocycles. The highest BCUT2D eigenvalue weighted by atomic mass is 35.5. The van der Waals surface area contributed by atoms with Crippen molar-refractivity contribution in [1.29, 1.82) is 0 Å². The lowest BCUT2D eigenvalue weighted by Gasteiger charge is -2.18. The highest BCUT2D eigenvalue weighted by Gasteiger charge is 2.16. The molecular formula is C14H16ClFN2O. The maximum atomic E-state index is 13.4. The molecule has 0 aliphatic heterocycles. The van der Waals surface area contributed by atoms with Gasteiger partial charge in [-0.05, 0) is 38.5 Å². The molecule has 0 radical (unpaired) electrons. The van der Waals surface area contributed by atoms with Crippen molar-refractivity contribution in [1.82, 2.24) is 10.3 Å². The van der Waals surface area contributed by atoms with Gasteiger partial charge in [-0.3, -0.25) is 5.32 Å². The summed E-state index contributed by atoms with van der Waals surface area (Å²) in [4.78, 5) is 4.17. The SMILES string of the molecule is Cc1cnc(C(C)NC(C)c2ccc(Cl)c(F)c2)o1. The van der Waals surface area contributed by atoms with E-state index in [0.717, 1.165) is 11.3 Å². The summed E-state index contributed by atoms with van der Waals surface area (Å²) in [6.07, 6.45) is 1.68. The molecule has 1 N–H and O–H groups in total. The van der Waals surface area contributed by atoms with Gasteiger partial charge in [-0.15, -0.1) is 0 Å². The van der Waals surface area contributed by atoms with Crippen LogP contribution in [0.15, 0.2) is 28.8 Å². The summed E-state index contributed by atoms with van der Waals surface area (Å²) >= 11 is 5.67. The molecule has 5 heteroatoms. The van der Waals surface area contributed by atoms with E-state index in [1.165, 1.54) is 6.07 Å². The van der Waals surface area contributed by atoms with Gasteiger partial charge in [-0.25, -0.2) is 9.37 Å². The normalized spacial score (nSPS) is 14.4. The van der Waals surface area contributed by atoms with Gasteiger partial charge in [0.25, 0.3) is 0 Å². The van der Waals surface area contributed by atoms with Gasteiger partial charge >= 0.3 is 0 Å². The van der Waals surface area contributed by atoms with E-state index in [9.17, 15) is 4.39 Å². The Morgan fingerprint density at radius 2 is 2.05 bits per heavy atom. The van der Waals surface area contributed by atoms with Gasteiger partial charge in [0.05, 0.1) is 17.3 Å². The van der Waals surface area contributed by atoms with Gasteiger partial charge in [-0.1, -0.05) is 17.7 Å². The Labute approximate surface area is 116 Å². The van der Waals surface area contributed by atoms with E-state index in [0.29, 0.717) is 5.89 Å². The lowest BCUT2D eigenvalue weighted by atomic mass is 10.1. The van der Waals surface area contributed by atoms with Crippen molar-refractivity contribution >= 4 is 11.6 Å². The van der Waals surface area contributed by atoms with E-state index < -0.39 is 5.82 Å². The molecule has 2 rings (SSSR count). The molecule has 0 aliphatic rings. The zero-order chi connectivity index (χ0) is 14.0. The number of benzene rings is 1.